The Morgan fingerprint density at radius 1 is 0.409 bits per heavy atom. The van der Waals surface area contributed by atoms with Gasteiger partial charge in [0.1, 0.15) is 0 Å². The summed E-state index contributed by atoms with van der Waals surface area (Å²) in [6.07, 6.45) is 38.6. The van der Waals surface area contributed by atoms with Crippen LogP contribution in [0.1, 0.15) is 226 Å². The second kappa shape index (κ2) is 34.8. The Bertz CT molecular complexity index is 604. The summed E-state index contributed by atoms with van der Waals surface area (Å²) in [6, 6.07) is 0. The Balaban J connectivity index is 4.32. The zero-order valence-electron chi connectivity index (χ0n) is 30.2. The van der Waals surface area contributed by atoms with Gasteiger partial charge in [-0.3, -0.25) is 9.59 Å². The van der Waals surface area contributed by atoms with Crippen LogP contribution in [-0.4, -0.2) is 23.7 Å². The van der Waals surface area contributed by atoms with E-state index in [0.29, 0.717) is 19.4 Å². The van der Waals surface area contributed by atoms with Crippen LogP contribution in [0, 0.1) is 11.8 Å². The predicted molar refractivity (Wildman–Crippen MR) is 190 cm³/mol. The van der Waals surface area contributed by atoms with Gasteiger partial charge in [-0.2, -0.15) is 0 Å². The molecule has 4 heteroatoms. The highest BCUT2D eigenvalue weighted by Gasteiger charge is 2.34. The average Bonchev–Trinajstić information content (AvgIpc) is 3.01. The summed E-state index contributed by atoms with van der Waals surface area (Å²) in [5.41, 5.74) is 0. The van der Waals surface area contributed by atoms with Crippen LogP contribution in [0.4, 0.5) is 0 Å². The lowest BCUT2D eigenvalue weighted by molar-refractivity contribution is -0.158. The number of carboxylic acids is 1. The maximum absolute atomic E-state index is 13.2. The fourth-order valence-electron chi connectivity index (χ4n) is 6.55. The van der Waals surface area contributed by atoms with Gasteiger partial charge in [-0.25, -0.2) is 0 Å². The lowest BCUT2D eigenvalue weighted by Crippen LogP contribution is -2.31. The number of carboxylic acid groups (broad SMARTS) is 1. The van der Waals surface area contributed by atoms with Crippen LogP contribution in [0.15, 0.2) is 0 Å². The van der Waals surface area contributed by atoms with Crippen LogP contribution in [0.5, 0.6) is 0 Å². The molecule has 0 saturated heterocycles. The molecule has 2 atom stereocenters. The molecule has 0 rings (SSSR count). The summed E-state index contributed by atoms with van der Waals surface area (Å²) in [5.74, 6) is -2.18. The molecule has 0 aliphatic rings. The molecule has 262 valence electrons. The van der Waals surface area contributed by atoms with Crippen LogP contribution < -0.4 is 0 Å². The molecule has 0 aromatic rings. The second-order valence-corrected chi connectivity index (χ2v) is 13.8. The third-order valence-electron chi connectivity index (χ3n) is 9.59. The van der Waals surface area contributed by atoms with Gasteiger partial charge in [0.2, 0.25) is 0 Å². The lowest BCUT2D eigenvalue weighted by Gasteiger charge is -2.23. The van der Waals surface area contributed by atoms with Gasteiger partial charge in [-0.05, 0) is 19.3 Å². The molecular formula is C40H78O4. The molecule has 0 radical (unpaired) electrons. The Morgan fingerprint density at radius 2 is 0.682 bits per heavy atom. The number of rotatable bonds is 36. The van der Waals surface area contributed by atoms with E-state index < -0.39 is 17.8 Å². The van der Waals surface area contributed by atoms with Gasteiger partial charge in [-0.1, -0.05) is 207 Å². The first kappa shape index (κ1) is 42.9. The normalized spacial score (nSPS) is 12.8. The predicted octanol–water partition coefficient (Wildman–Crippen LogP) is 13.4. The standard InChI is InChI=1S/C40H78O4/c1-4-7-10-13-16-18-20-21-22-23-25-27-30-33-36-44-40(43)38(35-32-28-15-12-9-6-3)37(39(41)42)34-31-29-26-24-19-17-14-11-8-5-2/h37-38H,4-36H2,1-3H3,(H,41,42). The van der Waals surface area contributed by atoms with Crippen LogP contribution in [0.2, 0.25) is 0 Å². The van der Waals surface area contributed by atoms with E-state index in [0.717, 1.165) is 38.5 Å². The van der Waals surface area contributed by atoms with E-state index >= 15 is 0 Å². The third kappa shape index (κ3) is 28.4. The monoisotopic (exact) mass is 623 g/mol. The van der Waals surface area contributed by atoms with Crippen LogP contribution in [-0.2, 0) is 14.3 Å². The third-order valence-corrected chi connectivity index (χ3v) is 9.59. The fraction of sp³-hybridized carbons (Fsp3) is 0.950. The summed E-state index contributed by atoms with van der Waals surface area (Å²) >= 11 is 0. The highest BCUT2D eigenvalue weighted by molar-refractivity contribution is 5.81. The maximum atomic E-state index is 13.2. The maximum Gasteiger partial charge on any atom is 0.309 e. The molecule has 4 nitrogen and oxygen atoms in total. The first-order valence-electron chi connectivity index (χ1n) is 20.0. The number of esters is 1. The Labute approximate surface area is 275 Å². The largest absolute Gasteiger partial charge is 0.481 e. The number of carbonyl (C=O) groups is 2. The Morgan fingerprint density at radius 3 is 1.00 bits per heavy atom. The van der Waals surface area contributed by atoms with Crippen molar-refractivity contribution in [1.29, 1.82) is 0 Å². The van der Waals surface area contributed by atoms with Crippen molar-refractivity contribution in [2.45, 2.75) is 226 Å². The molecule has 0 heterocycles. The quantitative estimate of drug-likeness (QED) is 0.0557. The SMILES string of the molecule is CCCCCCCCCCCCCCCCOC(=O)C(CCCCCCCC)C(CCCCCCCCCCCC)C(=O)O. The summed E-state index contributed by atoms with van der Waals surface area (Å²) in [7, 11) is 0. The van der Waals surface area contributed by atoms with Crippen LogP contribution >= 0.6 is 0 Å². The summed E-state index contributed by atoms with van der Waals surface area (Å²) in [4.78, 5) is 25.5. The molecule has 0 fully saturated rings. The van der Waals surface area contributed by atoms with Crippen molar-refractivity contribution < 1.29 is 19.4 Å². The highest BCUT2D eigenvalue weighted by atomic mass is 16.5. The molecule has 0 saturated carbocycles. The Kier molecular flexibility index (Phi) is 34.0. The van der Waals surface area contributed by atoms with Crippen LogP contribution in [0.3, 0.4) is 0 Å². The molecule has 44 heavy (non-hydrogen) atoms. The Hall–Kier alpha value is -1.06. The van der Waals surface area contributed by atoms with Crippen molar-refractivity contribution >= 4 is 11.9 Å². The first-order chi connectivity index (χ1) is 21.6. The van der Waals surface area contributed by atoms with E-state index in [1.165, 1.54) is 154 Å². The molecule has 0 aliphatic heterocycles. The van der Waals surface area contributed by atoms with Crippen LogP contribution in [0.25, 0.3) is 0 Å². The number of ether oxygens (including phenoxy) is 1. The van der Waals surface area contributed by atoms with Crippen molar-refractivity contribution in [3.8, 4) is 0 Å². The lowest BCUT2D eigenvalue weighted by atomic mass is 9.83. The van der Waals surface area contributed by atoms with E-state index in [1.54, 1.807) is 0 Å². The van der Waals surface area contributed by atoms with E-state index in [1.807, 2.05) is 0 Å². The molecule has 0 bridgehead atoms. The minimum Gasteiger partial charge on any atom is -0.481 e. The molecule has 1 N–H and O–H groups in total. The second-order valence-electron chi connectivity index (χ2n) is 13.8. The minimum atomic E-state index is -0.814. The van der Waals surface area contributed by atoms with Gasteiger partial charge in [-0.15, -0.1) is 0 Å². The van der Waals surface area contributed by atoms with Gasteiger partial charge >= 0.3 is 11.9 Å². The molecule has 2 unspecified atom stereocenters. The summed E-state index contributed by atoms with van der Waals surface area (Å²) < 4.78 is 5.74. The van der Waals surface area contributed by atoms with E-state index in [4.69, 9.17) is 4.74 Å². The van der Waals surface area contributed by atoms with Gasteiger partial charge in [0, 0.05) is 0 Å². The van der Waals surface area contributed by atoms with Gasteiger partial charge in [0.05, 0.1) is 18.4 Å². The molecular weight excluding hydrogens is 544 g/mol. The van der Waals surface area contributed by atoms with Crippen molar-refractivity contribution in [1.82, 2.24) is 0 Å². The number of aliphatic carboxylic acids is 1. The van der Waals surface area contributed by atoms with Gasteiger partial charge in [0.15, 0.2) is 0 Å². The van der Waals surface area contributed by atoms with Crippen molar-refractivity contribution in [2.75, 3.05) is 6.61 Å². The zero-order chi connectivity index (χ0) is 32.4. The number of unbranched alkanes of at least 4 members (excludes halogenated alkanes) is 27. The van der Waals surface area contributed by atoms with Crippen molar-refractivity contribution in [3.05, 3.63) is 0 Å². The first-order valence-corrected chi connectivity index (χ1v) is 20.0. The summed E-state index contributed by atoms with van der Waals surface area (Å²) in [5, 5.41) is 10.1. The molecule has 0 amide bonds. The molecule has 0 aromatic heterocycles. The molecule has 0 spiro atoms. The zero-order valence-corrected chi connectivity index (χ0v) is 30.2. The highest BCUT2D eigenvalue weighted by Crippen LogP contribution is 2.27. The van der Waals surface area contributed by atoms with E-state index in [9.17, 15) is 14.7 Å². The molecule has 0 aromatic carbocycles. The van der Waals surface area contributed by atoms with Crippen molar-refractivity contribution in [3.63, 3.8) is 0 Å². The number of hydrogen-bond donors (Lipinski definition) is 1. The smallest absolute Gasteiger partial charge is 0.309 e. The number of carbonyl (C=O) groups excluding carboxylic acids is 1. The fourth-order valence-corrected chi connectivity index (χ4v) is 6.55. The van der Waals surface area contributed by atoms with Gasteiger partial charge in [0.25, 0.3) is 0 Å². The number of hydrogen-bond acceptors (Lipinski definition) is 3. The average molecular weight is 623 g/mol. The summed E-state index contributed by atoms with van der Waals surface area (Å²) in [6.45, 7) is 7.18. The minimum absolute atomic E-state index is 0.257. The van der Waals surface area contributed by atoms with E-state index in [-0.39, 0.29) is 5.97 Å². The van der Waals surface area contributed by atoms with Crippen molar-refractivity contribution in [2.24, 2.45) is 11.8 Å². The van der Waals surface area contributed by atoms with E-state index in [2.05, 4.69) is 20.8 Å². The topological polar surface area (TPSA) is 63.6 Å². The van der Waals surface area contributed by atoms with Gasteiger partial charge < -0.3 is 9.84 Å². The molecule has 0 aliphatic carbocycles.